The maximum absolute atomic E-state index is 13.8. The van der Waals surface area contributed by atoms with E-state index in [2.05, 4.69) is 23.9 Å². The second-order valence-corrected chi connectivity index (χ2v) is 7.36. The minimum absolute atomic E-state index is 0.464. The van der Waals surface area contributed by atoms with Crippen LogP contribution >= 0.6 is 0 Å². The molecule has 0 radical (unpaired) electrons. The molecule has 4 atom stereocenters. The van der Waals surface area contributed by atoms with E-state index in [1.54, 1.807) is 12.1 Å². The summed E-state index contributed by atoms with van der Waals surface area (Å²) in [5, 5.41) is 0. The van der Waals surface area contributed by atoms with Gasteiger partial charge in [0, 0.05) is 24.2 Å². The first-order valence-electron chi connectivity index (χ1n) is 8.25. The molecule has 122 valence electrons. The molecule has 0 spiro atoms. The monoisotopic (exact) mass is 308 g/mol. The standard InChI is InChI=1S/C18H26F2N2/c1-21(2)15-7-13-9-16(10-14(13)8-15)22(3)11-12-5-4-6-17(19)18(12)20/h4-6,13-16H,7-11H2,1-3H3/t13-,14+,15?,16?. The Morgan fingerprint density at radius 1 is 0.955 bits per heavy atom. The molecule has 3 rings (SSSR count). The number of halogens is 2. The number of rotatable bonds is 4. The Morgan fingerprint density at radius 2 is 1.55 bits per heavy atom. The maximum atomic E-state index is 13.8. The van der Waals surface area contributed by atoms with Gasteiger partial charge in [-0.15, -0.1) is 0 Å². The summed E-state index contributed by atoms with van der Waals surface area (Å²) in [6.07, 6.45) is 4.97. The van der Waals surface area contributed by atoms with E-state index in [0.29, 0.717) is 18.2 Å². The van der Waals surface area contributed by atoms with Gasteiger partial charge in [0.05, 0.1) is 0 Å². The van der Waals surface area contributed by atoms with E-state index in [0.717, 1.165) is 17.9 Å². The van der Waals surface area contributed by atoms with Crippen LogP contribution in [0.3, 0.4) is 0 Å². The van der Waals surface area contributed by atoms with Crippen molar-refractivity contribution in [2.24, 2.45) is 11.8 Å². The molecule has 1 aromatic rings. The Hall–Kier alpha value is -1.00. The van der Waals surface area contributed by atoms with Gasteiger partial charge in [-0.2, -0.15) is 0 Å². The van der Waals surface area contributed by atoms with Crippen molar-refractivity contribution in [2.45, 2.75) is 44.3 Å². The van der Waals surface area contributed by atoms with Crippen LogP contribution in [0.25, 0.3) is 0 Å². The highest BCUT2D eigenvalue weighted by atomic mass is 19.2. The van der Waals surface area contributed by atoms with E-state index in [1.807, 2.05) is 7.05 Å². The van der Waals surface area contributed by atoms with Crippen molar-refractivity contribution >= 4 is 0 Å². The van der Waals surface area contributed by atoms with Crippen LogP contribution in [0, 0.1) is 23.5 Å². The number of fused-ring (bicyclic) bond motifs is 1. The molecule has 2 fully saturated rings. The molecule has 0 saturated heterocycles. The summed E-state index contributed by atoms with van der Waals surface area (Å²) in [4.78, 5) is 4.56. The Labute approximate surface area is 132 Å². The van der Waals surface area contributed by atoms with Gasteiger partial charge in [-0.25, -0.2) is 8.78 Å². The fourth-order valence-electron chi connectivity index (χ4n) is 4.40. The molecule has 1 aromatic carbocycles. The smallest absolute Gasteiger partial charge is 0.163 e. The molecule has 0 N–H and O–H groups in total. The lowest BCUT2D eigenvalue weighted by atomic mass is 10.0. The summed E-state index contributed by atoms with van der Waals surface area (Å²) in [5.41, 5.74) is 0.464. The van der Waals surface area contributed by atoms with Gasteiger partial charge >= 0.3 is 0 Å². The molecule has 0 bridgehead atoms. The van der Waals surface area contributed by atoms with Crippen molar-refractivity contribution < 1.29 is 8.78 Å². The molecule has 0 heterocycles. The number of nitrogens with zero attached hydrogens (tertiary/aromatic N) is 2. The van der Waals surface area contributed by atoms with Crippen molar-refractivity contribution in [3.8, 4) is 0 Å². The Morgan fingerprint density at radius 3 is 2.14 bits per heavy atom. The highest BCUT2D eigenvalue weighted by Crippen LogP contribution is 2.46. The van der Waals surface area contributed by atoms with Gasteiger partial charge in [-0.3, -0.25) is 4.90 Å². The van der Waals surface area contributed by atoms with E-state index < -0.39 is 11.6 Å². The summed E-state index contributed by atoms with van der Waals surface area (Å²) in [5.74, 6) is 0.164. The Balaban J connectivity index is 1.59. The molecule has 22 heavy (non-hydrogen) atoms. The fraction of sp³-hybridized carbons (Fsp3) is 0.667. The van der Waals surface area contributed by atoms with E-state index in [-0.39, 0.29) is 0 Å². The summed E-state index contributed by atoms with van der Waals surface area (Å²) in [6.45, 7) is 0.491. The van der Waals surface area contributed by atoms with Crippen LogP contribution in [0.1, 0.15) is 31.2 Å². The summed E-state index contributed by atoms with van der Waals surface area (Å²) < 4.78 is 27.1. The van der Waals surface area contributed by atoms with Crippen LogP contribution in [0.4, 0.5) is 8.78 Å². The summed E-state index contributed by atoms with van der Waals surface area (Å²) in [7, 11) is 6.38. The first-order chi connectivity index (χ1) is 10.5. The SMILES string of the molecule is CN(C)C1C[C@@H]2CC(N(C)Cc3cccc(F)c3F)C[C@@H]2C1. The molecule has 0 aliphatic heterocycles. The third-order valence-corrected chi connectivity index (χ3v) is 5.77. The zero-order valence-electron chi connectivity index (χ0n) is 13.7. The van der Waals surface area contributed by atoms with Gasteiger partial charge in [0.25, 0.3) is 0 Å². The van der Waals surface area contributed by atoms with Crippen molar-refractivity contribution in [3.05, 3.63) is 35.4 Å². The average molecular weight is 308 g/mol. The zero-order chi connectivity index (χ0) is 15.9. The van der Waals surface area contributed by atoms with Gasteiger partial charge < -0.3 is 4.90 Å². The van der Waals surface area contributed by atoms with Crippen LogP contribution in [-0.4, -0.2) is 43.0 Å². The lowest BCUT2D eigenvalue weighted by molar-refractivity contribution is 0.209. The molecule has 2 saturated carbocycles. The first kappa shape index (κ1) is 15.9. The van der Waals surface area contributed by atoms with E-state index in [1.165, 1.54) is 31.7 Å². The molecular weight excluding hydrogens is 282 g/mol. The van der Waals surface area contributed by atoms with Crippen LogP contribution in [-0.2, 0) is 6.54 Å². The maximum Gasteiger partial charge on any atom is 0.163 e. The molecule has 2 aliphatic rings. The van der Waals surface area contributed by atoms with Crippen LogP contribution < -0.4 is 0 Å². The summed E-state index contributed by atoms with van der Waals surface area (Å²) >= 11 is 0. The highest BCUT2D eigenvalue weighted by molar-refractivity contribution is 5.19. The number of hydrogen-bond acceptors (Lipinski definition) is 2. The summed E-state index contributed by atoms with van der Waals surface area (Å²) in [6, 6.07) is 5.68. The predicted octanol–water partition coefficient (Wildman–Crippen LogP) is 3.52. The molecule has 0 amide bonds. The predicted molar refractivity (Wildman–Crippen MR) is 84.5 cm³/mol. The minimum atomic E-state index is -0.747. The lowest BCUT2D eigenvalue weighted by Gasteiger charge is -2.27. The molecule has 2 aliphatic carbocycles. The second kappa shape index (κ2) is 6.25. The molecule has 2 unspecified atom stereocenters. The average Bonchev–Trinajstić information content (AvgIpc) is 3.02. The van der Waals surface area contributed by atoms with Crippen LogP contribution in [0.2, 0.25) is 0 Å². The quantitative estimate of drug-likeness (QED) is 0.840. The third kappa shape index (κ3) is 3.04. The third-order valence-electron chi connectivity index (χ3n) is 5.77. The van der Waals surface area contributed by atoms with Crippen molar-refractivity contribution in [3.63, 3.8) is 0 Å². The first-order valence-corrected chi connectivity index (χ1v) is 8.25. The Kier molecular flexibility index (Phi) is 4.51. The highest BCUT2D eigenvalue weighted by Gasteiger charge is 2.43. The van der Waals surface area contributed by atoms with Gasteiger partial charge in [0.15, 0.2) is 11.6 Å². The number of hydrogen-bond donors (Lipinski definition) is 0. The fourth-order valence-corrected chi connectivity index (χ4v) is 4.40. The zero-order valence-corrected chi connectivity index (χ0v) is 13.7. The van der Waals surface area contributed by atoms with E-state index in [9.17, 15) is 8.78 Å². The lowest BCUT2D eigenvalue weighted by Crippen LogP contribution is -2.31. The van der Waals surface area contributed by atoms with E-state index in [4.69, 9.17) is 0 Å². The van der Waals surface area contributed by atoms with Gasteiger partial charge in [-0.05, 0) is 64.7 Å². The normalized spacial score (nSPS) is 31.2. The van der Waals surface area contributed by atoms with Gasteiger partial charge in [0.2, 0.25) is 0 Å². The largest absolute Gasteiger partial charge is 0.306 e. The molecular formula is C18H26F2N2. The van der Waals surface area contributed by atoms with Crippen molar-refractivity contribution in [2.75, 3.05) is 21.1 Å². The van der Waals surface area contributed by atoms with Crippen LogP contribution in [0.5, 0.6) is 0 Å². The second-order valence-electron chi connectivity index (χ2n) is 7.36. The Bertz CT molecular complexity index is 518. The molecule has 4 heteroatoms. The molecule has 0 aromatic heterocycles. The van der Waals surface area contributed by atoms with Crippen molar-refractivity contribution in [1.82, 2.24) is 9.80 Å². The van der Waals surface area contributed by atoms with Gasteiger partial charge in [-0.1, -0.05) is 12.1 Å². The minimum Gasteiger partial charge on any atom is -0.306 e. The van der Waals surface area contributed by atoms with E-state index >= 15 is 0 Å². The van der Waals surface area contributed by atoms with Gasteiger partial charge in [0.1, 0.15) is 0 Å². The molecule has 2 nitrogen and oxygen atoms in total. The van der Waals surface area contributed by atoms with Crippen LogP contribution in [0.15, 0.2) is 18.2 Å². The number of benzene rings is 1. The topological polar surface area (TPSA) is 6.48 Å². The van der Waals surface area contributed by atoms with Crippen molar-refractivity contribution in [1.29, 1.82) is 0 Å².